The van der Waals surface area contributed by atoms with Crippen LogP contribution in [-0.2, 0) is 0 Å². The molecule has 0 saturated heterocycles. The Balaban J connectivity index is 2.77. The van der Waals surface area contributed by atoms with Gasteiger partial charge in [0.15, 0.2) is 0 Å². The molecule has 0 bridgehead atoms. The van der Waals surface area contributed by atoms with Crippen LogP contribution in [0.15, 0.2) is 28.8 Å². The molecule has 1 rings (SSSR count). The van der Waals surface area contributed by atoms with Crippen LogP contribution in [0, 0.1) is 5.92 Å². The summed E-state index contributed by atoms with van der Waals surface area (Å²) in [5.74, 6) is 1.68. The largest absolute Gasteiger partial charge is 0.368 e. The molecule has 1 aliphatic carbocycles. The average molecular weight is 234 g/mol. The first-order chi connectivity index (χ1) is 8.15. The minimum atomic E-state index is 0.439. The molecular weight excluding hydrogens is 208 g/mol. The standard InChI is InChI=1S/C15H26N2/c1-5-6-11-16-15(17-12(2)3)14-10-8-7-9-13(14)4/h7-8,10,12-13H,5-6,9,11H2,1-4H3,(H,16,17). The van der Waals surface area contributed by atoms with Crippen molar-refractivity contribution in [3.63, 3.8) is 0 Å². The van der Waals surface area contributed by atoms with Crippen LogP contribution in [0.3, 0.4) is 0 Å². The summed E-state index contributed by atoms with van der Waals surface area (Å²) in [4.78, 5) is 4.73. The Morgan fingerprint density at radius 1 is 1.53 bits per heavy atom. The molecule has 0 fully saturated rings. The van der Waals surface area contributed by atoms with Crippen LogP contribution in [-0.4, -0.2) is 18.4 Å². The lowest BCUT2D eigenvalue weighted by atomic mass is 9.92. The Hall–Kier alpha value is -1.05. The molecule has 0 spiro atoms. The number of amidine groups is 1. The molecule has 0 heterocycles. The van der Waals surface area contributed by atoms with Gasteiger partial charge in [0, 0.05) is 12.6 Å². The topological polar surface area (TPSA) is 24.4 Å². The number of hydrogen-bond acceptors (Lipinski definition) is 1. The molecule has 0 radical (unpaired) electrons. The highest BCUT2D eigenvalue weighted by atomic mass is 15.0. The maximum atomic E-state index is 4.73. The molecule has 1 atom stereocenters. The van der Waals surface area contributed by atoms with Crippen molar-refractivity contribution < 1.29 is 0 Å². The third-order valence-electron chi connectivity index (χ3n) is 2.91. The van der Waals surface area contributed by atoms with Crippen LogP contribution in [0.4, 0.5) is 0 Å². The van der Waals surface area contributed by atoms with E-state index in [1.807, 2.05) is 0 Å². The Bertz CT molecular complexity index is 311. The van der Waals surface area contributed by atoms with Gasteiger partial charge in [-0.05, 0) is 38.2 Å². The van der Waals surface area contributed by atoms with Gasteiger partial charge in [-0.2, -0.15) is 0 Å². The fraction of sp³-hybridized carbons (Fsp3) is 0.667. The lowest BCUT2D eigenvalue weighted by Crippen LogP contribution is -2.34. The Morgan fingerprint density at radius 2 is 2.29 bits per heavy atom. The van der Waals surface area contributed by atoms with Gasteiger partial charge >= 0.3 is 0 Å². The predicted molar refractivity (Wildman–Crippen MR) is 76.5 cm³/mol. The zero-order valence-corrected chi connectivity index (χ0v) is 11.7. The monoisotopic (exact) mass is 234 g/mol. The van der Waals surface area contributed by atoms with E-state index in [0.717, 1.165) is 18.8 Å². The molecule has 0 aromatic carbocycles. The Labute approximate surface area is 106 Å². The van der Waals surface area contributed by atoms with Crippen LogP contribution < -0.4 is 5.32 Å². The number of rotatable bonds is 5. The van der Waals surface area contributed by atoms with Crippen molar-refractivity contribution in [2.75, 3.05) is 6.54 Å². The van der Waals surface area contributed by atoms with E-state index in [-0.39, 0.29) is 0 Å². The van der Waals surface area contributed by atoms with E-state index in [0.29, 0.717) is 12.0 Å². The molecule has 0 aromatic heterocycles. The molecule has 2 heteroatoms. The van der Waals surface area contributed by atoms with Gasteiger partial charge in [0.1, 0.15) is 5.84 Å². The van der Waals surface area contributed by atoms with Gasteiger partial charge in [-0.3, -0.25) is 4.99 Å². The molecular formula is C15H26N2. The summed E-state index contributed by atoms with van der Waals surface area (Å²) in [5.41, 5.74) is 1.36. The van der Waals surface area contributed by atoms with Crippen molar-refractivity contribution in [2.45, 2.75) is 53.0 Å². The van der Waals surface area contributed by atoms with Crippen LogP contribution >= 0.6 is 0 Å². The smallest absolute Gasteiger partial charge is 0.124 e. The summed E-state index contributed by atoms with van der Waals surface area (Å²) in [6.45, 7) is 9.74. The third-order valence-corrected chi connectivity index (χ3v) is 2.91. The summed E-state index contributed by atoms with van der Waals surface area (Å²) in [6, 6.07) is 0.439. The second-order valence-electron chi connectivity index (χ2n) is 5.07. The fourth-order valence-corrected chi connectivity index (χ4v) is 1.90. The van der Waals surface area contributed by atoms with E-state index in [1.165, 1.54) is 18.4 Å². The summed E-state index contributed by atoms with van der Waals surface area (Å²) < 4.78 is 0. The minimum absolute atomic E-state index is 0.439. The molecule has 1 N–H and O–H groups in total. The molecule has 17 heavy (non-hydrogen) atoms. The van der Waals surface area contributed by atoms with Crippen molar-refractivity contribution in [3.8, 4) is 0 Å². The summed E-state index contributed by atoms with van der Waals surface area (Å²) in [6.07, 6.45) is 10.1. The van der Waals surface area contributed by atoms with Crippen LogP contribution in [0.25, 0.3) is 0 Å². The van der Waals surface area contributed by atoms with Gasteiger partial charge in [-0.25, -0.2) is 0 Å². The molecule has 0 amide bonds. The first kappa shape index (κ1) is 14.0. The Morgan fingerprint density at radius 3 is 2.88 bits per heavy atom. The maximum Gasteiger partial charge on any atom is 0.124 e. The summed E-state index contributed by atoms with van der Waals surface area (Å²) in [7, 11) is 0. The third kappa shape index (κ3) is 4.76. The molecule has 0 saturated carbocycles. The van der Waals surface area contributed by atoms with E-state index in [2.05, 4.69) is 51.2 Å². The molecule has 2 nitrogen and oxygen atoms in total. The molecule has 0 aliphatic heterocycles. The van der Waals surface area contributed by atoms with E-state index < -0.39 is 0 Å². The van der Waals surface area contributed by atoms with E-state index in [9.17, 15) is 0 Å². The van der Waals surface area contributed by atoms with Gasteiger partial charge in [-0.15, -0.1) is 0 Å². The number of unbranched alkanes of at least 4 members (excludes halogenated alkanes) is 1. The second-order valence-corrected chi connectivity index (χ2v) is 5.07. The van der Waals surface area contributed by atoms with Gasteiger partial charge in [0.25, 0.3) is 0 Å². The molecule has 1 unspecified atom stereocenters. The number of aliphatic imine (C=N–C) groups is 1. The number of allylic oxidation sites excluding steroid dienone is 3. The molecule has 1 aliphatic rings. The highest BCUT2D eigenvalue weighted by molar-refractivity contribution is 5.99. The van der Waals surface area contributed by atoms with Crippen LogP contribution in [0.1, 0.15) is 47.0 Å². The van der Waals surface area contributed by atoms with Crippen molar-refractivity contribution in [3.05, 3.63) is 23.8 Å². The fourth-order valence-electron chi connectivity index (χ4n) is 1.90. The number of nitrogens with one attached hydrogen (secondary N) is 1. The zero-order valence-electron chi connectivity index (χ0n) is 11.7. The molecule has 96 valence electrons. The number of nitrogens with zero attached hydrogens (tertiary/aromatic N) is 1. The zero-order chi connectivity index (χ0) is 12.7. The molecule has 0 aromatic rings. The van der Waals surface area contributed by atoms with Gasteiger partial charge in [0.05, 0.1) is 0 Å². The SMILES string of the molecule is CCCCN=C(NC(C)C)C1=CC=CCC1C. The first-order valence-electron chi connectivity index (χ1n) is 6.83. The maximum absolute atomic E-state index is 4.73. The lowest BCUT2D eigenvalue weighted by Gasteiger charge is -2.22. The van der Waals surface area contributed by atoms with Crippen LogP contribution in [0.2, 0.25) is 0 Å². The summed E-state index contributed by atoms with van der Waals surface area (Å²) >= 11 is 0. The van der Waals surface area contributed by atoms with Crippen molar-refractivity contribution in [1.29, 1.82) is 0 Å². The van der Waals surface area contributed by atoms with Crippen molar-refractivity contribution in [1.82, 2.24) is 5.32 Å². The number of hydrogen-bond donors (Lipinski definition) is 1. The second kappa shape index (κ2) is 7.31. The van der Waals surface area contributed by atoms with Gasteiger partial charge in [-0.1, -0.05) is 38.5 Å². The van der Waals surface area contributed by atoms with Crippen molar-refractivity contribution in [2.24, 2.45) is 10.9 Å². The van der Waals surface area contributed by atoms with Crippen LogP contribution in [0.5, 0.6) is 0 Å². The van der Waals surface area contributed by atoms with Gasteiger partial charge < -0.3 is 5.32 Å². The first-order valence-corrected chi connectivity index (χ1v) is 6.83. The minimum Gasteiger partial charge on any atom is -0.368 e. The van der Waals surface area contributed by atoms with E-state index in [1.54, 1.807) is 0 Å². The Kier molecular flexibility index (Phi) is 6.03. The van der Waals surface area contributed by atoms with E-state index >= 15 is 0 Å². The van der Waals surface area contributed by atoms with Gasteiger partial charge in [0.2, 0.25) is 0 Å². The highest BCUT2D eigenvalue weighted by Gasteiger charge is 2.16. The van der Waals surface area contributed by atoms with Crippen molar-refractivity contribution >= 4 is 5.84 Å². The summed E-state index contributed by atoms with van der Waals surface area (Å²) in [5, 5.41) is 3.49. The predicted octanol–water partition coefficient (Wildman–Crippen LogP) is 3.71. The lowest BCUT2D eigenvalue weighted by molar-refractivity contribution is 0.677. The van der Waals surface area contributed by atoms with E-state index in [4.69, 9.17) is 4.99 Å². The highest BCUT2D eigenvalue weighted by Crippen LogP contribution is 2.20. The normalized spacial score (nSPS) is 20.6. The average Bonchev–Trinajstić information content (AvgIpc) is 2.28. The quantitative estimate of drug-likeness (QED) is 0.438.